The second kappa shape index (κ2) is 4.79. The van der Waals surface area contributed by atoms with E-state index in [0.29, 0.717) is 23.9 Å². The minimum atomic E-state index is -0.878. The zero-order chi connectivity index (χ0) is 12.4. The molecular formula is C10H13N3O3S. The highest BCUT2D eigenvalue weighted by molar-refractivity contribution is 7.99. The summed E-state index contributed by atoms with van der Waals surface area (Å²) in [5.41, 5.74) is -0.255. The average Bonchev–Trinajstić information content (AvgIpc) is 2.27. The predicted octanol–water partition coefficient (Wildman–Crippen LogP) is 0.0847. The number of rotatable bonds is 2. The van der Waals surface area contributed by atoms with Crippen LogP contribution in [-0.2, 0) is 4.79 Å². The molecule has 1 aromatic rings. The topological polar surface area (TPSA) is 86.3 Å². The maximum atomic E-state index is 11.4. The van der Waals surface area contributed by atoms with Gasteiger partial charge in [0.1, 0.15) is 17.7 Å². The second-order valence-electron chi connectivity index (χ2n) is 3.81. The smallest absolute Gasteiger partial charge is 0.327 e. The van der Waals surface area contributed by atoms with Gasteiger partial charge in [-0.1, -0.05) is 0 Å². The largest absolute Gasteiger partial charge is 0.480 e. The van der Waals surface area contributed by atoms with Crippen LogP contribution in [0.5, 0.6) is 0 Å². The predicted molar refractivity (Wildman–Crippen MR) is 65.7 cm³/mol. The third-order valence-corrected chi connectivity index (χ3v) is 3.58. The summed E-state index contributed by atoms with van der Waals surface area (Å²) in [7, 11) is 0. The normalized spacial score (nSPS) is 20.3. The number of anilines is 1. The Morgan fingerprint density at radius 1 is 1.71 bits per heavy atom. The number of nitrogens with one attached hydrogen (secondary N) is 1. The average molecular weight is 255 g/mol. The summed E-state index contributed by atoms with van der Waals surface area (Å²) in [6, 6.07) is 0.737. The van der Waals surface area contributed by atoms with Crippen LogP contribution in [0.2, 0.25) is 0 Å². The SMILES string of the molecule is Cc1nc(N2CCSCC2C(=O)O)cc(=O)[nH]1. The number of H-pyrrole nitrogens is 1. The van der Waals surface area contributed by atoms with Gasteiger partial charge in [0.25, 0.3) is 5.56 Å². The minimum Gasteiger partial charge on any atom is -0.480 e. The summed E-state index contributed by atoms with van der Waals surface area (Å²) in [6.45, 7) is 2.27. The lowest BCUT2D eigenvalue weighted by atomic mass is 10.2. The van der Waals surface area contributed by atoms with E-state index in [4.69, 9.17) is 5.11 Å². The van der Waals surface area contributed by atoms with Gasteiger partial charge in [-0.25, -0.2) is 9.78 Å². The number of aromatic amines is 1. The van der Waals surface area contributed by atoms with E-state index in [1.54, 1.807) is 23.6 Å². The number of nitrogens with zero attached hydrogens (tertiary/aromatic N) is 2. The molecule has 92 valence electrons. The zero-order valence-electron chi connectivity index (χ0n) is 9.34. The van der Waals surface area contributed by atoms with Crippen LogP contribution in [0.1, 0.15) is 5.82 Å². The number of aryl methyl sites for hydroxylation is 1. The van der Waals surface area contributed by atoms with Gasteiger partial charge >= 0.3 is 5.97 Å². The van der Waals surface area contributed by atoms with E-state index in [0.717, 1.165) is 5.75 Å². The summed E-state index contributed by atoms with van der Waals surface area (Å²) in [6.07, 6.45) is 0. The fourth-order valence-corrected chi connectivity index (χ4v) is 2.83. The highest BCUT2D eigenvalue weighted by Gasteiger charge is 2.30. The number of carbonyl (C=O) groups is 1. The van der Waals surface area contributed by atoms with Crippen LogP contribution < -0.4 is 10.5 Å². The van der Waals surface area contributed by atoms with Crippen LogP contribution >= 0.6 is 11.8 Å². The number of thioether (sulfide) groups is 1. The highest BCUT2D eigenvalue weighted by atomic mass is 32.2. The molecule has 7 heteroatoms. The Bertz CT molecular complexity index is 488. The van der Waals surface area contributed by atoms with Gasteiger partial charge in [-0.05, 0) is 6.92 Å². The van der Waals surface area contributed by atoms with Crippen LogP contribution in [0, 0.1) is 6.92 Å². The summed E-state index contributed by atoms with van der Waals surface area (Å²) >= 11 is 1.60. The lowest BCUT2D eigenvalue weighted by Crippen LogP contribution is -2.48. The van der Waals surface area contributed by atoms with Crippen LogP contribution in [0.25, 0.3) is 0 Å². The van der Waals surface area contributed by atoms with Gasteiger partial charge in [0.2, 0.25) is 0 Å². The summed E-state index contributed by atoms with van der Waals surface area (Å²) in [5, 5.41) is 9.14. The standard InChI is InChI=1S/C10H13N3O3S/c1-6-11-8(4-9(14)12-6)13-2-3-17-5-7(13)10(15)16/h4,7H,2-3,5H2,1H3,(H,15,16)(H,11,12,14). The van der Waals surface area contributed by atoms with Crippen LogP contribution in [0.3, 0.4) is 0 Å². The van der Waals surface area contributed by atoms with Crippen molar-refractivity contribution in [2.24, 2.45) is 0 Å². The van der Waals surface area contributed by atoms with Gasteiger partial charge in [0.05, 0.1) is 0 Å². The van der Waals surface area contributed by atoms with Crippen molar-refractivity contribution in [3.63, 3.8) is 0 Å². The first kappa shape index (κ1) is 12.0. The first-order chi connectivity index (χ1) is 8.08. The number of aromatic nitrogens is 2. The van der Waals surface area contributed by atoms with E-state index < -0.39 is 12.0 Å². The fourth-order valence-electron chi connectivity index (χ4n) is 1.79. The molecule has 17 heavy (non-hydrogen) atoms. The van der Waals surface area contributed by atoms with Crippen molar-refractivity contribution in [3.8, 4) is 0 Å². The van der Waals surface area contributed by atoms with E-state index in [9.17, 15) is 9.59 Å². The van der Waals surface area contributed by atoms with Crippen LogP contribution in [0.15, 0.2) is 10.9 Å². The summed E-state index contributed by atoms with van der Waals surface area (Å²) in [5.74, 6) is 1.42. The molecule has 1 aliphatic rings. The van der Waals surface area contributed by atoms with Crippen LogP contribution in [0.4, 0.5) is 5.82 Å². The molecular weight excluding hydrogens is 242 g/mol. The van der Waals surface area contributed by atoms with E-state index >= 15 is 0 Å². The fraction of sp³-hybridized carbons (Fsp3) is 0.500. The van der Waals surface area contributed by atoms with E-state index in [2.05, 4.69) is 9.97 Å². The lowest BCUT2D eigenvalue weighted by Gasteiger charge is -2.33. The number of hydrogen-bond acceptors (Lipinski definition) is 5. The maximum absolute atomic E-state index is 11.4. The summed E-state index contributed by atoms with van der Waals surface area (Å²) < 4.78 is 0. The van der Waals surface area contributed by atoms with Gasteiger partial charge in [0, 0.05) is 24.1 Å². The van der Waals surface area contributed by atoms with E-state index in [1.807, 2.05) is 0 Å². The molecule has 6 nitrogen and oxygen atoms in total. The van der Waals surface area contributed by atoms with Gasteiger partial charge in [-0.2, -0.15) is 11.8 Å². The molecule has 1 atom stereocenters. The molecule has 1 unspecified atom stereocenters. The molecule has 0 saturated carbocycles. The van der Waals surface area contributed by atoms with Crippen LogP contribution in [-0.4, -0.2) is 45.1 Å². The number of carboxylic acids is 1. The number of carboxylic acid groups (broad SMARTS) is 1. The van der Waals surface area contributed by atoms with Crippen molar-refractivity contribution >= 4 is 23.5 Å². The van der Waals surface area contributed by atoms with Crippen molar-refractivity contribution in [1.82, 2.24) is 9.97 Å². The molecule has 1 aliphatic heterocycles. The third kappa shape index (κ3) is 2.60. The summed E-state index contributed by atoms with van der Waals surface area (Å²) in [4.78, 5) is 30.9. The van der Waals surface area contributed by atoms with Crippen molar-refractivity contribution in [1.29, 1.82) is 0 Å². The molecule has 0 spiro atoms. The van der Waals surface area contributed by atoms with Crippen molar-refractivity contribution < 1.29 is 9.90 Å². The van der Waals surface area contributed by atoms with Gasteiger partial charge in [-0.15, -0.1) is 0 Å². The minimum absolute atomic E-state index is 0.255. The maximum Gasteiger partial charge on any atom is 0.327 e. The first-order valence-electron chi connectivity index (χ1n) is 5.23. The monoisotopic (exact) mass is 255 g/mol. The van der Waals surface area contributed by atoms with Crippen molar-refractivity contribution in [3.05, 3.63) is 22.2 Å². The first-order valence-corrected chi connectivity index (χ1v) is 6.38. The Morgan fingerprint density at radius 2 is 2.47 bits per heavy atom. The van der Waals surface area contributed by atoms with Gasteiger partial charge < -0.3 is 15.0 Å². The number of hydrogen-bond donors (Lipinski definition) is 2. The Labute approximate surface area is 102 Å². The highest BCUT2D eigenvalue weighted by Crippen LogP contribution is 2.21. The van der Waals surface area contributed by atoms with Crippen molar-refractivity contribution in [2.75, 3.05) is 23.0 Å². The molecule has 2 heterocycles. The van der Waals surface area contributed by atoms with Gasteiger partial charge in [-0.3, -0.25) is 4.79 Å². The van der Waals surface area contributed by atoms with Gasteiger partial charge in [0.15, 0.2) is 0 Å². The zero-order valence-corrected chi connectivity index (χ0v) is 10.2. The Kier molecular flexibility index (Phi) is 3.37. The lowest BCUT2D eigenvalue weighted by molar-refractivity contribution is -0.138. The molecule has 0 bridgehead atoms. The molecule has 0 amide bonds. The molecule has 1 fully saturated rings. The van der Waals surface area contributed by atoms with E-state index in [-0.39, 0.29) is 5.56 Å². The molecule has 1 saturated heterocycles. The molecule has 0 radical (unpaired) electrons. The molecule has 2 rings (SSSR count). The quantitative estimate of drug-likeness (QED) is 0.778. The molecule has 2 N–H and O–H groups in total. The Morgan fingerprint density at radius 3 is 3.12 bits per heavy atom. The molecule has 0 aromatic carbocycles. The molecule has 0 aliphatic carbocycles. The second-order valence-corrected chi connectivity index (χ2v) is 4.96. The van der Waals surface area contributed by atoms with E-state index in [1.165, 1.54) is 6.07 Å². The molecule has 1 aromatic heterocycles. The Hall–Kier alpha value is -1.50. The van der Waals surface area contributed by atoms with Crippen molar-refractivity contribution in [2.45, 2.75) is 13.0 Å². The number of aliphatic carboxylic acids is 1. The third-order valence-electron chi connectivity index (χ3n) is 2.55. The Balaban J connectivity index is 2.35.